The van der Waals surface area contributed by atoms with E-state index in [9.17, 15) is 4.79 Å². The number of para-hydroxylation sites is 1. The Morgan fingerprint density at radius 2 is 2.00 bits per heavy atom. The number of hydrogen-bond acceptors (Lipinski definition) is 3. The summed E-state index contributed by atoms with van der Waals surface area (Å²) in [5.41, 5.74) is 6.93. The van der Waals surface area contributed by atoms with Gasteiger partial charge < -0.3 is 15.8 Å². The summed E-state index contributed by atoms with van der Waals surface area (Å²) in [6.45, 7) is 0.535. The maximum atomic E-state index is 12.2. The highest BCUT2D eigenvalue weighted by atomic mass is 35.5. The molecule has 2 saturated carbocycles. The lowest BCUT2D eigenvalue weighted by Crippen LogP contribution is -2.30. The first-order valence-corrected chi connectivity index (χ1v) is 8.00. The molecule has 2 atom stereocenters. The van der Waals surface area contributed by atoms with E-state index in [0.717, 1.165) is 43.4 Å². The molecule has 3 rings (SSSR count). The van der Waals surface area contributed by atoms with Crippen molar-refractivity contribution in [2.24, 2.45) is 11.7 Å². The number of carbonyl (C=O) groups is 1. The number of amides is 1. The van der Waals surface area contributed by atoms with Gasteiger partial charge in [0.15, 0.2) is 0 Å². The van der Waals surface area contributed by atoms with Gasteiger partial charge in [0.1, 0.15) is 5.75 Å². The van der Waals surface area contributed by atoms with E-state index in [2.05, 4.69) is 5.32 Å². The van der Waals surface area contributed by atoms with Gasteiger partial charge in [0, 0.05) is 24.1 Å². The molecule has 3 N–H and O–H groups in total. The molecule has 5 heteroatoms. The van der Waals surface area contributed by atoms with Gasteiger partial charge in [-0.15, -0.1) is 12.4 Å². The normalized spacial score (nSPS) is 24.2. The molecule has 0 spiro atoms. The van der Waals surface area contributed by atoms with Crippen LogP contribution in [0.25, 0.3) is 0 Å². The quantitative estimate of drug-likeness (QED) is 0.875. The summed E-state index contributed by atoms with van der Waals surface area (Å²) in [4.78, 5) is 12.2. The van der Waals surface area contributed by atoms with Gasteiger partial charge in [-0.05, 0) is 44.6 Å². The van der Waals surface area contributed by atoms with Gasteiger partial charge in [0.2, 0.25) is 5.91 Å². The summed E-state index contributed by atoms with van der Waals surface area (Å²) < 4.78 is 5.98. The second-order valence-electron chi connectivity index (χ2n) is 6.27. The number of hydrogen-bond donors (Lipinski definition) is 2. The van der Waals surface area contributed by atoms with Crippen LogP contribution in [0.5, 0.6) is 5.75 Å². The topological polar surface area (TPSA) is 64.4 Å². The van der Waals surface area contributed by atoms with Crippen LogP contribution in [0.2, 0.25) is 0 Å². The second kappa shape index (κ2) is 7.84. The lowest BCUT2D eigenvalue weighted by molar-refractivity contribution is -0.125. The predicted molar refractivity (Wildman–Crippen MR) is 89.1 cm³/mol. The average Bonchev–Trinajstić information content (AvgIpc) is 2.88. The summed E-state index contributed by atoms with van der Waals surface area (Å²) in [7, 11) is 0. The highest BCUT2D eigenvalue weighted by molar-refractivity contribution is 5.85. The molecule has 0 saturated heterocycles. The fraction of sp³-hybridized carbons (Fsp3) is 0.588. The fourth-order valence-corrected chi connectivity index (χ4v) is 3.01. The van der Waals surface area contributed by atoms with E-state index < -0.39 is 0 Å². The third kappa shape index (κ3) is 4.14. The van der Waals surface area contributed by atoms with Crippen molar-refractivity contribution in [1.82, 2.24) is 5.32 Å². The van der Waals surface area contributed by atoms with Crippen LogP contribution in [-0.4, -0.2) is 18.1 Å². The molecule has 1 amide bonds. The van der Waals surface area contributed by atoms with Crippen LogP contribution in [-0.2, 0) is 11.3 Å². The Bertz CT molecular complexity index is 505. The lowest BCUT2D eigenvalue weighted by Gasteiger charge is -2.27. The molecule has 1 aromatic carbocycles. The minimum atomic E-state index is 0. The third-order valence-corrected chi connectivity index (χ3v) is 4.62. The molecule has 0 bridgehead atoms. The molecule has 1 aromatic rings. The van der Waals surface area contributed by atoms with Crippen LogP contribution < -0.4 is 15.8 Å². The van der Waals surface area contributed by atoms with Crippen molar-refractivity contribution in [3.05, 3.63) is 29.8 Å². The van der Waals surface area contributed by atoms with Crippen molar-refractivity contribution in [2.45, 2.75) is 57.2 Å². The van der Waals surface area contributed by atoms with Crippen molar-refractivity contribution in [2.75, 3.05) is 0 Å². The van der Waals surface area contributed by atoms with E-state index in [4.69, 9.17) is 10.5 Å². The molecule has 2 unspecified atom stereocenters. The summed E-state index contributed by atoms with van der Waals surface area (Å²) in [5.74, 6) is 1.12. The minimum Gasteiger partial charge on any atom is -0.490 e. The highest BCUT2D eigenvalue weighted by Crippen LogP contribution is 2.28. The summed E-state index contributed by atoms with van der Waals surface area (Å²) in [6.07, 6.45) is 6.57. The molecule has 0 radical (unpaired) electrons. The van der Waals surface area contributed by atoms with Crippen LogP contribution >= 0.6 is 12.4 Å². The van der Waals surface area contributed by atoms with Crippen LogP contribution in [0.15, 0.2) is 24.3 Å². The number of rotatable bonds is 5. The molecule has 2 fully saturated rings. The van der Waals surface area contributed by atoms with E-state index in [1.165, 1.54) is 6.42 Å². The number of nitrogens with one attached hydrogen (secondary N) is 1. The molecule has 22 heavy (non-hydrogen) atoms. The first kappa shape index (κ1) is 17.1. The number of nitrogens with two attached hydrogens (primary N) is 1. The van der Waals surface area contributed by atoms with E-state index in [1.54, 1.807) is 0 Å². The molecular weight excluding hydrogens is 300 g/mol. The van der Waals surface area contributed by atoms with Gasteiger partial charge in [-0.3, -0.25) is 4.79 Å². The van der Waals surface area contributed by atoms with Crippen molar-refractivity contribution >= 4 is 18.3 Å². The Kier molecular flexibility index (Phi) is 6.09. The maximum Gasteiger partial charge on any atom is 0.223 e. The van der Waals surface area contributed by atoms with Gasteiger partial charge in [-0.2, -0.15) is 0 Å². The SMILES string of the molecule is Cl.NC1CCC(C(=O)NCc2ccccc2OC2CCC2)C1. The smallest absolute Gasteiger partial charge is 0.223 e. The van der Waals surface area contributed by atoms with Crippen LogP contribution in [0.3, 0.4) is 0 Å². The highest BCUT2D eigenvalue weighted by Gasteiger charge is 2.27. The van der Waals surface area contributed by atoms with Crippen molar-refractivity contribution in [3.63, 3.8) is 0 Å². The van der Waals surface area contributed by atoms with Crippen LogP contribution in [0, 0.1) is 5.92 Å². The molecular formula is C17H25ClN2O2. The third-order valence-electron chi connectivity index (χ3n) is 4.62. The Morgan fingerprint density at radius 3 is 2.64 bits per heavy atom. The van der Waals surface area contributed by atoms with Crippen LogP contribution in [0.1, 0.15) is 44.1 Å². The number of halogens is 1. The monoisotopic (exact) mass is 324 g/mol. The van der Waals surface area contributed by atoms with E-state index in [1.807, 2.05) is 24.3 Å². The molecule has 0 aromatic heterocycles. The van der Waals surface area contributed by atoms with Gasteiger partial charge in [0.05, 0.1) is 6.10 Å². The minimum absolute atomic E-state index is 0. The van der Waals surface area contributed by atoms with Crippen LogP contribution in [0.4, 0.5) is 0 Å². The van der Waals surface area contributed by atoms with Gasteiger partial charge in [-0.1, -0.05) is 18.2 Å². The fourth-order valence-electron chi connectivity index (χ4n) is 3.01. The summed E-state index contributed by atoms with van der Waals surface area (Å²) >= 11 is 0. The molecule has 122 valence electrons. The van der Waals surface area contributed by atoms with E-state index >= 15 is 0 Å². The first-order valence-electron chi connectivity index (χ1n) is 8.00. The number of benzene rings is 1. The van der Waals surface area contributed by atoms with Crippen molar-refractivity contribution in [1.29, 1.82) is 0 Å². The number of carbonyl (C=O) groups excluding carboxylic acids is 1. The molecule has 2 aliphatic carbocycles. The zero-order valence-corrected chi connectivity index (χ0v) is 13.6. The zero-order valence-electron chi connectivity index (χ0n) is 12.8. The van der Waals surface area contributed by atoms with Crippen molar-refractivity contribution < 1.29 is 9.53 Å². The largest absolute Gasteiger partial charge is 0.490 e. The van der Waals surface area contributed by atoms with Crippen molar-refractivity contribution in [3.8, 4) is 5.75 Å². The van der Waals surface area contributed by atoms with Gasteiger partial charge >= 0.3 is 0 Å². The Hall–Kier alpha value is -1.26. The zero-order chi connectivity index (χ0) is 14.7. The summed E-state index contributed by atoms with van der Waals surface area (Å²) in [5, 5.41) is 3.04. The Morgan fingerprint density at radius 1 is 1.23 bits per heavy atom. The first-order chi connectivity index (χ1) is 10.2. The van der Waals surface area contributed by atoms with Gasteiger partial charge in [-0.25, -0.2) is 0 Å². The Labute approximate surface area is 138 Å². The molecule has 0 aliphatic heterocycles. The standard InChI is InChI=1S/C17H24N2O2.ClH/c18-14-9-8-12(10-14)17(20)19-11-13-4-1-2-7-16(13)21-15-5-3-6-15;/h1-2,4,7,12,14-15H,3,5-6,8-11,18H2,(H,19,20);1H. The van der Waals surface area contributed by atoms with E-state index in [-0.39, 0.29) is 30.3 Å². The lowest BCUT2D eigenvalue weighted by atomic mass is 9.96. The molecule has 2 aliphatic rings. The molecule has 0 heterocycles. The summed E-state index contributed by atoms with van der Waals surface area (Å²) in [6, 6.07) is 8.17. The second-order valence-corrected chi connectivity index (χ2v) is 6.27. The molecule has 4 nitrogen and oxygen atoms in total. The number of ether oxygens (including phenoxy) is 1. The van der Waals surface area contributed by atoms with Gasteiger partial charge in [0.25, 0.3) is 0 Å². The Balaban J connectivity index is 0.00000176. The maximum absolute atomic E-state index is 12.2. The predicted octanol–water partition coefficient (Wildman–Crippen LogP) is 2.78. The average molecular weight is 325 g/mol. The van der Waals surface area contributed by atoms with E-state index in [0.29, 0.717) is 12.6 Å².